The monoisotopic (exact) mass is 300 g/mol. The number of ether oxygens (including phenoxy) is 1. The molecule has 0 radical (unpaired) electrons. The Morgan fingerprint density at radius 2 is 2.29 bits per heavy atom. The van der Waals surface area contributed by atoms with E-state index in [1.807, 2.05) is 26.0 Å². The second kappa shape index (κ2) is 6.00. The van der Waals surface area contributed by atoms with Crippen LogP contribution < -0.4 is 5.73 Å². The molecule has 1 heterocycles. The highest BCUT2D eigenvalue weighted by atomic mass is 79.9. The van der Waals surface area contributed by atoms with Gasteiger partial charge in [0.1, 0.15) is 5.60 Å². The molecule has 0 aliphatic rings. The van der Waals surface area contributed by atoms with Crippen molar-refractivity contribution in [2.75, 3.05) is 5.33 Å². The van der Waals surface area contributed by atoms with Crippen molar-refractivity contribution in [1.82, 2.24) is 4.98 Å². The van der Waals surface area contributed by atoms with Gasteiger partial charge >= 0.3 is 6.09 Å². The summed E-state index contributed by atoms with van der Waals surface area (Å²) in [4.78, 5) is 15.0. The number of nitrogens with two attached hydrogens (primary N) is 1. The van der Waals surface area contributed by atoms with Crippen LogP contribution in [0.15, 0.2) is 18.3 Å². The van der Waals surface area contributed by atoms with Crippen LogP contribution in [-0.2, 0) is 17.6 Å². The van der Waals surface area contributed by atoms with Crippen molar-refractivity contribution in [2.45, 2.75) is 32.3 Å². The van der Waals surface area contributed by atoms with Crippen molar-refractivity contribution >= 4 is 22.0 Å². The van der Waals surface area contributed by atoms with Crippen LogP contribution in [0.3, 0.4) is 0 Å². The van der Waals surface area contributed by atoms with Gasteiger partial charge in [0.15, 0.2) is 0 Å². The molecule has 0 fully saturated rings. The fourth-order valence-corrected chi connectivity index (χ4v) is 2.09. The van der Waals surface area contributed by atoms with Gasteiger partial charge in [-0.15, -0.1) is 0 Å². The van der Waals surface area contributed by atoms with Crippen LogP contribution in [0.2, 0.25) is 0 Å². The van der Waals surface area contributed by atoms with Gasteiger partial charge in [0.25, 0.3) is 0 Å². The fraction of sp³-hybridized carbons (Fsp3) is 0.500. The van der Waals surface area contributed by atoms with Gasteiger partial charge in [-0.05, 0) is 38.0 Å². The first kappa shape index (κ1) is 14.0. The van der Waals surface area contributed by atoms with Gasteiger partial charge in [-0.2, -0.15) is 0 Å². The molecule has 0 bridgehead atoms. The zero-order valence-electron chi connectivity index (χ0n) is 10.1. The van der Waals surface area contributed by atoms with E-state index in [0.29, 0.717) is 6.42 Å². The molecule has 94 valence electrons. The van der Waals surface area contributed by atoms with Crippen molar-refractivity contribution in [3.05, 3.63) is 29.6 Å². The van der Waals surface area contributed by atoms with E-state index in [1.54, 1.807) is 6.20 Å². The summed E-state index contributed by atoms with van der Waals surface area (Å²) >= 11 is 3.40. The number of amides is 1. The van der Waals surface area contributed by atoms with E-state index in [9.17, 15) is 4.79 Å². The molecule has 0 unspecified atom stereocenters. The number of primary amides is 1. The quantitative estimate of drug-likeness (QED) is 0.849. The van der Waals surface area contributed by atoms with E-state index in [2.05, 4.69) is 20.9 Å². The maximum absolute atomic E-state index is 10.7. The Morgan fingerprint density at radius 3 is 2.88 bits per heavy atom. The maximum atomic E-state index is 10.7. The molecule has 4 nitrogen and oxygen atoms in total. The third kappa shape index (κ3) is 5.17. The minimum absolute atomic E-state index is 0.548. The number of carbonyl (C=O) groups is 1. The lowest BCUT2D eigenvalue weighted by Gasteiger charge is -2.23. The lowest BCUT2D eigenvalue weighted by Crippen LogP contribution is -2.33. The number of aromatic nitrogens is 1. The van der Waals surface area contributed by atoms with Crippen molar-refractivity contribution in [2.24, 2.45) is 5.73 Å². The SMILES string of the molecule is CC(C)(Cc1cc(CCBr)ccn1)OC(N)=O. The molecule has 1 rings (SSSR count). The van der Waals surface area contributed by atoms with Crippen molar-refractivity contribution in [1.29, 1.82) is 0 Å². The molecular weight excluding hydrogens is 284 g/mol. The maximum Gasteiger partial charge on any atom is 0.405 e. The number of pyridine rings is 1. The normalized spacial score (nSPS) is 11.2. The molecule has 0 atom stereocenters. The summed E-state index contributed by atoms with van der Waals surface area (Å²) in [5, 5.41) is 0.914. The van der Waals surface area contributed by atoms with E-state index in [-0.39, 0.29) is 0 Å². The highest BCUT2D eigenvalue weighted by molar-refractivity contribution is 9.09. The van der Waals surface area contributed by atoms with Gasteiger partial charge in [-0.25, -0.2) is 4.79 Å². The minimum Gasteiger partial charge on any atom is -0.443 e. The summed E-state index contributed by atoms with van der Waals surface area (Å²) in [5.74, 6) is 0. The summed E-state index contributed by atoms with van der Waals surface area (Å²) in [6.07, 6.45) is 2.51. The van der Waals surface area contributed by atoms with Crippen LogP contribution in [-0.4, -0.2) is 22.0 Å². The van der Waals surface area contributed by atoms with Crippen molar-refractivity contribution < 1.29 is 9.53 Å². The Kier molecular flexibility index (Phi) is 4.93. The predicted octanol–water partition coefficient (Wildman–Crippen LogP) is 2.44. The molecule has 0 aliphatic carbocycles. The molecule has 1 aromatic rings. The van der Waals surface area contributed by atoms with E-state index >= 15 is 0 Å². The highest BCUT2D eigenvalue weighted by Crippen LogP contribution is 2.16. The van der Waals surface area contributed by atoms with E-state index in [4.69, 9.17) is 10.5 Å². The Balaban J connectivity index is 2.73. The Labute approximate surface area is 110 Å². The number of carbonyl (C=O) groups excluding carboxylic acids is 1. The molecule has 0 aliphatic heterocycles. The molecule has 17 heavy (non-hydrogen) atoms. The summed E-state index contributed by atoms with van der Waals surface area (Å²) in [6.45, 7) is 3.63. The number of hydrogen-bond donors (Lipinski definition) is 1. The average Bonchev–Trinajstić information content (AvgIpc) is 2.15. The van der Waals surface area contributed by atoms with Gasteiger partial charge in [-0.3, -0.25) is 4.98 Å². The predicted molar refractivity (Wildman–Crippen MR) is 70.2 cm³/mol. The van der Waals surface area contributed by atoms with Gasteiger partial charge in [0, 0.05) is 23.6 Å². The van der Waals surface area contributed by atoms with Crippen LogP contribution in [0.5, 0.6) is 0 Å². The Bertz CT molecular complexity index is 394. The van der Waals surface area contributed by atoms with Crippen LogP contribution in [0, 0.1) is 0 Å². The number of alkyl halides is 1. The number of halogens is 1. The third-order valence-electron chi connectivity index (χ3n) is 2.25. The smallest absolute Gasteiger partial charge is 0.405 e. The van der Waals surface area contributed by atoms with Gasteiger partial charge in [0.05, 0.1) is 0 Å². The van der Waals surface area contributed by atoms with E-state index < -0.39 is 11.7 Å². The Morgan fingerprint density at radius 1 is 1.59 bits per heavy atom. The second-order valence-electron chi connectivity index (χ2n) is 4.45. The molecule has 5 heteroatoms. The summed E-state index contributed by atoms with van der Waals surface area (Å²) in [7, 11) is 0. The first-order chi connectivity index (χ1) is 7.93. The molecule has 1 amide bonds. The van der Waals surface area contributed by atoms with Crippen LogP contribution in [0.4, 0.5) is 4.79 Å². The van der Waals surface area contributed by atoms with Crippen LogP contribution >= 0.6 is 15.9 Å². The van der Waals surface area contributed by atoms with Gasteiger partial charge < -0.3 is 10.5 Å². The minimum atomic E-state index is -0.758. The molecule has 0 aromatic carbocycles. The number of aryl methyl sites for hydroxylation is 1. The molecular formula is C12H17BrN2O2. The number of hydrogen-bond acceptors (Lipinski definition) is 3. The molecule has 0 saturated carbocycles. The zero-order chi connectivity index (χ0) is 12.9. The first-order valence-corrected chi connectivity index (χ1v) is 6.53. The summed E-state index contributed by atoms with van der Waals surface area (Å²) in [5.41, 5.74) is 6.50. The average molecular weight is 301 g/mol. The summed E-state index contributed by atoms with van der Waals surface area (Å²) in [6, 6.07) is 4.00. The fourth-order valence-electron chi connectivity index (χ4n) is 1.63. The van der Waals surface area contributed by atoms with E-state index in [0.717, 1.165) is 17.4 Å². The van der Waals surface area contributed by atoms with Crippen molar-refractivity contribution in [3.63, 3.8) is 0 Å². The highest BCUT2D eigenvalue weighted by Gasteiger charge is 2.22. The lowest BCUT2D eigenvalue weighted by atomic mass is 10.0. The lowest BCUT2D eigenvalue weighted by molar-refractivity contribution is 0.0453. The summed E-state index contributed by atoms with van der Waals surface area (Å²) < 4.78 is 5.03. The molecule has 1 aromatic heterocycles. The van der Waals surface area contributed by atoms with Crippen LogP contribution in [0.1, 0.15) is 25.1 Å². The number of nitrogens with zero attached hydrogens (tertiary/aromatic N) is 1. The van der Waals surface area contributed by atoms with E-state index in [1.165, 1.54) is 5.56 Å². The number of rotatable bonds is 5. The zero-order valence-corrected chi connectivity index (χ0v) is 11.7. The van der Waals surface area contributed by atoms with Crippen LogP contribution in [0.25, 0.3) is 0 Å². The standard InChI is InChI=1S/C12H17BrN2O2/c1-12(2,17-11(14)16)8-10-7-9(3-5-13)4-6-15-10/h4,6-7H,3,5,8H2,1-2H3,(H2,14,16). The molecule has 0 spiro atoms. The first-order valence-electron chi connectivity index (χ1n) is 5.41. The van der Waals surface area contributed by atoms with Gasteiger partial charge in [-0.1, -0.05) is 15.9 Å². The molecule has 2 N–H and O–H groups in total. The largest absolute Gasteiger partial charge is 0.443 e. The third-order valence-corrected chi connectivity index (χ3v) is 2.64. The van der Waals surface area contributed by atoms with Crippen molar-refractivity contribution in [3.8, 4) is 0 Å². The second-order valence-corrected chi connectivity index (χ2v) is 5.24. The molecule has 0 saturated heterocycles. The Hall–Kier alpha value is -1.10. The van der Waals surface area contributed by atoms with Gasteiger partial charge in [0.2, 0.25) is 0 Å². The topological polar surface area (TPSA) is 65.2 Å².